The molecule has 0 saturated heterocycles. The van der Waals surface area contributed by atoms with E-state index in [-0.39, 0.29) is 0 Å². The molecule has 0 spiro atoms. The highest BCUT2D eigenvalue weighted by Gasteiger charge is 2.23. The van der Waals surface area contributed by atoms with Crippen LogP contribution in [0.15, 0.2) is 53.0 Å². The minimum Gasteiger partial charge on any atom is -0.385 e. The van der Waals surface area contributed by atoms with E-state index >= 15 is 0 Å². The average Bonchev–Trinajstić information content (AvgIpc) is 2.29. The number of halogens is 1. The molecule has 0 radical (unpaired) electrons. The summed E-state index contributed by atoms with van der Waals surface area (Å²) in [5, 5.41) is 10.6. The first-order valence-electron chi connectivity index (χ1n) is 6.01. The maximum Gasteiger partial charge on any atom is 0.0908 e. The Balaban J connectivity index is 2.23. The Morgan fingerprint density at radius 2 is 1.78 bits per heavy atom. The van der Waals surface area contributed by atoms with Gasteiger partial charge in [0.25, 0.3) is 0 Å². The molecular weight excluding hydrogens is 288 g/mol. The Bertz CT molecular complexity index is 529. The standard InChI is InChI=1S/C16H17BrO/c1-12-6-8-14(9-7-12)16(2,18)11-13-4-3-5-15(17)10-13/h3-10,18H,11H2,1-2H3. The Kier molecular flexibility index (Phi) is 3.88. The summed E-state index contributed by atoms with van der Waals surface area (Å²) in [5.41, 5.74) is 2.44. The first-order chi connectivity index (χ1) is 8.47. The fourth-order valence-corrected chi connectivity index (χ4v) is 2.51. The molecule has 2 heteroatoms. The third kappa shape index (κ3) is 3.21. The monoisotopic (exact) mass is 304 g/mol. The molecule has 18 heavy (non-hydrogen) atoms. The van der Waals surface area contributed by atoms with Crippen molar-refractivity contribution >= 4 is 15.9 Å². The number of benzene rings is 2. The quantitative estimate of drug-likeness (QED) is 0.900. The average molecular weight is 305 g/mol. The Labute approximate surface area is 117 Å². The molecule has 94 valence electrons. The SMILES string of the molecule is Cc1ccc(C(C)(O)Cc2cccc(Br)c2)cc1. The molecule has 1 nitrogen and oxygen atoms in total. The van der Waals surface area contributed by atoms with E-state index in [2.05, 4.69) is 15.9 Å². The van der Waals surface area contributed by atoms with Crippen LogP contribution >= 0.6 is 15.9 Å². The lowest BCUT2D eigenvalue weighted by Gasteiger charge is -2.24. The van der Waals surface area contributed by atoms with Crippen molar-refractivity contribution < 1.29 is 5.11 Å². The van der Waals surface area contributed by atoms with Crippen molar-refractivity contribution in [2.24, 2.45) is 0 Å². The summed E-state index contributed by atoms with van der Waals surface area (Å²) in [6, 6.07) is 16.1. The number of hydrogen-bond donors (Lipinski definition) is 1. The number of aryl methyl sites for hydroxylation is 1. The molecule has 0 amide bonds. The van der Waals surface area contributed by atoms with Crippen molar-refractivity contribution in [3.05, 3.63) is 69.7 Å². The molecule has 0 bridgehead atoms. The van der Waals surface area contributed by atoms with Crippen LogP contribution in [0.25, 0.3) is 0 Å². The van der Waals surface area contributed by atoms with Crippen LogP contribution in [0.3, 0.4) is 0 Å². The molecule has 0 saturated carbocycles. The predicted octanol–water partition coefficient (Wildman–Crippen LogP) is 4.21. The van der Waals surface area contributed by atoms with Crippen LogP contribution < -0.4 is 0 Å². The van der Waals surface area contributed by atoms with Crippen LogP contribution in [-0.2, 0) is 12.0 Å². The van der Waals surface area contributed by atoms with Crippen molar-refractivity contribution in [1.82, 2.24) is 0 Å². The third-order valence-electron chi connectivity index (χ3n) is 3.11. The minimum absolute atomic E-state index is 0.607. The first kappa shape index (κ1) is 13.3. The molecule has 1 N–H and O–H groups in total. The summed E-state index contributed by atoms with van der Waals surface area (Å²) in [6.45, 7) is 3.91. The van der Waals surface area contributed by atoms with Crippen LogP contribution in [0, 0.1) is 6.92 Å². The van der Waals surface area contributed by atoms with Gasteiger partial charge < -0.3 is 5.11 Å². The van der Waals surface area contributed by atoms with E-state index in [1.165, 1.54) is 5.56 Å². The molecule has 0 aromatic heterocycles. The van der Waals surface area contributed by atoms with Crippen molar-refractivity contribution in [1.29, 1.82) is 0 Å². The number of rotatable bonds is 3. The van der Waals surface area contributed by atoms with Gasteiger partial charge in [-0.15, -0.1) is 0 Å². The lowest BCUT2D eigenvalue weighted by atomic mass is 9.89. The highest BCUT2D eigenvalue weighted by atomic mass is 79.9. The maximum atomic E-state index is 10.6. The molecule has 2 aromatic rings. The fourth-order valence-electron chi connectivity index (χ4n) is 2.06. The van der Waals surface area contributed by atoms with Gasteiger partial charge in [-0.2, -0.15) is 0 Å². The summed E-state index contributed by atoms with van der Waals surface area (Å²) < 4.78 is 1.04. The second kappa shape index (κ2) is 5.25. The van der Waals surface area contributed by atoms with Crippen molar-refractivity contribution in [3.63, 3.8) is 0 Å². The predicted molar refractivity (Wildman–Crippen MR) is 78.6 cm³/mol. The van der Waals surface area contributed by atoms with E-state index in [1.54, 1.807) is 0 Å². The highest BCUT2D eigenvalue weighted by molar-refractivity contribution is 9.10. The van der Waals surface area contributed by atoms with Gasteiger partial charge in [0.15, 0.2) is 0 Å². The molecule has 1 unspecified atom stereocenters. The molecule has 2 rings (SSSR count). The van der Waals surface area contributed by atoms with E-state index < -0.39 is 5.60 Å². The van der Waals surface area contributed by atoms with Gasteiger partial charge in [0.1, 0.15) is 0 Å². The van der Waals surface area contributed by atoms with Gasteiger partial charge in [0.05, 0.1) is 5.60 Å². The summed E-state index contributed by atoms with van der Waals surface area (Å²) in [5.74, 6) is 0. The van der Waals surface area contributed by atoms with Crippen molar-refractivity contribution in [2.45, 2.75) is 25.9 Å². The molecule has 0 aliphatic heterocycles. The van der Waals surface area contributed by atoms with Crippen LogP contribution in [0.5, 0.6) is 0 Å². The van der Waals surface area contributed by atoms with Crippen LogP contribution in [0.2, 0.25) is 0 Å². The smallest absolute Gasteiger partial charge is 0.0908 e. The second-order valence-electron chi connectivity index (χ2n) is 4.95. The second-order valence-corrected chi connectivity index (χ2v) is 5.86. The topological polar surface area (TPSA) is 20.2 Å². The van der Waals surface area contributed by atoms with Gasteiger partial charge in [-0.25, -0.2) is 0 Å². The Morgan fingerprint density at radius 1 is 1.11 bits per heavy atom. The normalized spacial score (nSPS) is 14.2. The maximum absolute atomic E-state index is 10.6. The van der Waals surface area contributed by atoms with E-state index in [1.807, 2.05) is 62.4 Å². The summed E-state index contributed by atoms with van der Waals surface area (Å²) in [4.78, 5) is 0. The summed E-state index contributed by atoms with van der Waals surface area (Å²) in [7, 11) is 0. The first-order valence-corrected chi connectivity index (χ1v) is 6.81. The largest absolute Gasteiger partial charge is 0.385 e. The van der Waals surface area contributed by atoms with Crippen molar-refractivity contribution in [2.75, 3.05) is 0 Å². The zero-order chi connectivity index (χ0) is 13.2. The van der Waals surface area contributed by atoms with Crippen molar-refractivity contribution in [3.8, 4) is 0 Å². The molecule has 0 aliphatic rings. The zero-order valence-electron chi connectivity index (χ0n) is 10.7. The van der Waals surface area contributed by atoms with Gasteiger partial charge >= 0.3 is 0 Å². The summed E-state index contributed by atoms with van der Waals surface area (Å²) in [6.07, 6.45) is 0.607. The molecule has 0 fully saturated rings. The van der Waals surface area contributed by atoms with Crippen LogP contribution in [-0.4, -0.2) is 5.11 Å². The number of aliphatic hydroxyl groups is 1. The Morgan fingerprint density at radius 3 is 2.39 bits per heavy atom. The Hall–Kier alpha value is -1.12. The third-order valence-corrected chi connectivity index (χ3v) is 3.60. The van der Waals surface area contributed by atoms with E-state index in [0.29, 0.717) is 6.42 Å². The molecule has 2 aromatic carbocycles. The van der Waals surface area contributed by atoms with E-state index in [9.17, 15) is 5.11 Å². The molecule has 0 heterocycles. The van der Waals surface area contributed by atoms with Crippen LogP contribution in [0.4, 0.5) is 0 Å². The zero-order valence-corrected chi connectivity index (χ0v) is 12.2. The van der Waals surface area contributed by atoms with Gasteiger partial charge in [-0.3, -0.25) is 0 Å². The van der Waals surface area contributed by atoms with Gasteiger partial charge in [0, 0.05) is 10.9 Å². The fraction of sp³-hybridized carbons (Fsp3) is 0.250. The van der Waals surface area contributed by atoms with Gasteiger partial charge in [-0.1, -0.05) is 57.9 Å². The van der Waals surface area contributed by atoms with E-state index in [0.717, 1.165) is 15.6 Å². The van der Waals surface area contributed by atoms with Gasteiger partial charge in [0.2, 0.25) is 0 Å². The number of hydrogen-bond acceptors (Lipinski definition) is 1. The summed E-state index contributed by atoms with van der Waals surface area (Å²) >= 11 is 3.45. The van der Waals surface area contributed by atoms with Crippen LogP contribution in [0.1, 0.15) is 23.6 Å². The molecular formula is C16H17BrO. The lowest BCUT2D eigenvalue weighted by Crippen LogP contribution is -2.24. The lowest BCUT2D eigenvalue weighted by molar-refractivity contribution is 0.0576. The molecule has 0 aliphatic carbocycles. The molecule has 1 atom stereocenters. The minimum atomic E-state index is -0.839. The van der Waals surface area contributed by atoms with Gasteiger partial charge in [-0.05, 0) is 37.1 Å². The van der Waals surface area contributed by atoms with E-state index in [4.69, 9.17) is 0 Å². The highest BCUT2D eigenvalue weighted by Crippen LogP contribution is 2.26.